The molecule has 4 aromatic carbocycles. The molecular formula is C38H34N4S. The van der Waals surface area contributed by atoms with Crippen LogP contribution >= 0.6 is 11.3 Å². The summed E-state index contributed by atoms with van der Waals surface area (Å²) in [6.07, 6.45) is 5.27. The van der Waals surface area contributed by atoms with Crippen LogP contribution in [-0.4, -0.2) is 19.9 Å². The Morgan fingerprint density at radius 1 is 0.465 bits per heavy atom. The van der Waals surface area contributed by atoms with E-state index in [-0.39, 0.29) is 0 Å². The van der Waals surface area contributed by atoms with E-state index in [4.69, 9.17) is 0 Å². The Labute approximate surface area is 256 Å². The van der Waals surface area contributed by atoms with E-state index >= 15 is 0 Å². The summed E-state index contributed by atoms with van der Waals surface area (Å²) in [4.78, 5) is 16.7. The van der Waals surface area contributed by atoms with Crippen LogP contribution in [0.25, 0.3) is 42.8 Å². The van der Waals surface area contributed by atoms with E-state index < -0.39 is 0 Å². The normalized spacial score (nSPS) is 10.3. The molecule has 8 rings (SSSR count). The van der Waals surface area contributed by atoms with Crippen LogP contribution in [0.15, 0.2) is 133 Å². The van der Waals surface area contributed by atoms with Crippen LogP contribution in [0.4, 0.5) is 0 Å². The predicted molar refractivity (Wildman–Crippen MR) is 184 cm³/mol. The molecule has 0 spiro atoms. The third-order valence-electron chi connectivity index (χ3n) is 7.12. The van der Waals surface area contributed by atoms with E-state index in [1.54, 1.807) is 6.33 Å². The minimum atomic E-state index is 1.01. The van der Waals surface area contributed by atoms with Crippen molar-refractivity contribution in [2.45, 2.75) is 27.7 Å². The zero-order chi connectivity index (χ0) is 30.0. The summed E-state index contributed by atoms with van der Waals surface area (Å²) in [7, 11) is 0. The minimum Gasteiger partial charge on any atom is -0.256 e. The maximum absolute atomic E-state index is 4.28. The molecule has 4 nitrogen and oxygen atoms in total. The number of para-hydroxylation sites is 3. The highest BCUT2D eigenvalue weighted by molar-refractivity contribution is 7.17. The lowest BCUT2D eigenvalue weighted by Crippen LogP contribution is -1.85. The first kappa shape index (κ1) is 29.5. The molecule has 0 unspecified atom stereocenters. The smallest absolute Gasteiger partial charge is 0.116 e. The molecule has 4 aromatic heterocycles. The zero-order valence-electron chi connectivity index (χ0n) is 24.9. The van der Waals surface area contributed by atoms with Gasteiger partial charge in [-0.3, -0.25) is 9.97 Å². The molecule has 0 aliphatic heterocycles. The predicted octanol–water partition coefficient (Wildman–Crippen LogP) is 10.2. The molecule has 0 saturated heterocycles. The summed E-state index contributed by atoms with van der Waals surface area (Å²) in [5.41, 5.74) is 8.14. The molecule has 43 heavy (non-hydrogen) atoms. The Kier molecular flexibility index (Phi) is 9.78. The van der Waals surface area contributed by atoms with Gasteiger partial charge in [0.15, 0.2) is 0 Å². The average Bonchev–Trinajstić information content (AvgIpc) is 3.54. The Hall–Kier alpha value is -5.00. The van der Waals surface area contributed by atoms with Crippen molar-refractivity contribution in [3.05, 3.63) is 156 Å². The van der Waals surface area contributed by atoms with Gasteiger partial charge in [0.2, 0.25) is 0 Å². The fraction of sp³-hybridized carbons (Fsp3) is 0.105. The summed E-state index contributed by atoms with van der Waals surface area (Å²) in [5.74, 6) is 0. The van der Waals surface area contributed by atoms with Gasteiger partial charge in [-0.05, 0) is 85.5 Å². The monoisotopic (exact) mass is 578 g/mol. The second-order valence-corrected chi connectivity index (χ2v) is 11.1. The molecule has 0 saturated carbocycles. The second kappa shape index (κ2) is 14.3. The quantitative estimate of drug-likeness (QED) is 0.180. The first-order chi connectivity index (χ1) is 21.0. The molecule has 8 aromatic rings. The van der Waals surface area contributed by atoms with Crippen LogP contribution < -0.4 is 0 Å². The summed E-state index contributed by atoms with van der Waals surface area (Å²) < 4.78 is 1.42. The Morgan fingerprint density at radius 2 is 1.14 bits per heavy atom. The van der Waals surface area contributed by atoms with Crippen LogP contribution in [0.3, 0.4) is 0 Å². The Balaban J connectivity index is 0.000000114. The van der Waals surface area contributed by atoms with Gasteiger partial charge in [-0.15, -0.1) is 11.3 Å². The molecule has 0 radical (unpaired) electrons. The van der Waals surface area contributed by atoms with Crippen molar-refractivity contribution in [1.82, 2.24) is 19.9 Å². The van der Waals surface area contributed by atoms with E-state index in [9.17, 15) is 0 Å². The summed E-state index contributed by atoms with van der Waals surface area (Å²) >= 11 is 1.81. The van der Waals surface area contributed by atoms with Crippen LogP contribution in [0, 0.1) is 27.7 Å². The number of aryl methyl sites for hydroxylation is 4. The van der Waals surface area contributed by atoms with Gasteiger partial charge >= 0.3 is 0 Å². The van der Waals surface area contributed by atoms with Crippen LogP contribution in [0.5, 0.6) is 0 Å². The van der Waals surface area contributed by atoms with Crippen LogP contribution in [0.1, 0.15) is 22.4 Å². The van der Waals surface area contributed by atoms with Crippen molar-refractivity contribution in [2.24, 2.45) is 0 Å². The van der Waals surface area contributed by atoms with Gasteiger partial charge in [-0.1, -0.05) is 78.9 Å². The van der Waals surface area contributed by atoms with Gasteiger partial charge in [-0.2, -0.15) is 0 Å². The van der Waals surface area contributed by atoms with Crippen molar-refractivity contribution < 1.29 is 0 Å². The van der Waals surface area contributed by atoms with Crippen LogP contribution in [-0.2, 0) is 0 Å². The largest absolute Gasteiger partial charge is 0.256 e. The number of benzene rings is 4. The van der Waals surface area contributed by atoms with Gasteiger partial charge in [-0.25, -0.2) is 9.97 Å². The van der Waals surface area contributed by atoms with Crippen molar-refractivity contribution in [1.29, 1.82) is 0 Å². The number of aromatic nitrogens is 4. The summed E-state index contributed by atoms with van der Waals surface area (Å²) in [6, 6.07) is 37.0. The topological polar surface area (TPSA) is 51.6 Å². The van der Waals surface area contributed by atoms with Crippen molar-refractivity contribution in [2.75, 3.05) is 0 Å². The number of thiophene rings is 1. The fourth-order valence-corrected chi connectivity index (χ4v) is 5.65. The SMILES string of the molecule is Cc1cccc2cccnc12.Cc1cccc2ccsc12.Cc1ccnc2ccccc12.Cc1ncnc2ccccc12. The van der Waals surface area contributed by atoms with Crippen molar-refractivity contribution in [3.63, 3.8) is 0 Å². The highest BCUT2D eigenvalue weighted by atomic mass is 32.1. The minimum absolute atomic E-state index is 1.01. The van der Waals surface area contributed by atoms with E-state index in [2.05, 4.69) is 101 Å². The first-order valence-corrected chi connectivity index (χ1v) is 15.1. The number of hydrogen-bond acceptors (Lipinski definition) is 5. The molecule has 0 aliphatic carbocycles. The molecule has 0 atom stereocenters. The van der Waals surface area contributed by atoms with E-state index in [0.29, 0.717) is 0 Å². The van der Waals surface area contributed by atoms with Gasteiger partial charge in [0.1, 0.15) is 6.33 Å². The van der Waals surface area contributed by atoms with Crippen molar-refractivity contribution in [3.8, 4) is 0 Å². The number of rotatable bonds is 0. The lowest BCUT2D eigenvalue weighted by atomic mass is 10.1. The molecule has 0 amide bonds. The van der Waals surface area contributed by atoms with Gasteiger partial charge in [0.25, 0.3) is 0 Å². The summed E-state index contributed by atoms with van der Waals surface area (Å²) in [5, 5.41) is 7.10. The van der Waals surface area contributed by atoms with E-state index in [0.717, 1.165) is 27.6 Å². The van der Waals surface area contributed by atoms with Gasteiger partial charge in [0.05, 0.1) is 16.6 Å². The number of pyridine rings is 2. The number of fused-ring (bicyclic) bond motifs is 4. The Morgan fingerprint density at radius 3 is 1.86 bits per heavy atom. The molecule has 5 heteroatoms. The third-order valence-corrected chi connectivity index (χ3v) is 8.18. The van der Waals surface area contributed by atoms with E-state index in [1.807, 2.05) is 85.3 Å². The maximum Gasteiger partial charge on any atom is 0.116 e. The number of hydrogen-bond donors (Lipinski definition) is 0. The third kappa shape index (κ3) is 7.45. The average molecular weight is 579 g/mol. The Bertz CT molecular complexity index is 1900. The zero-order valence-corrected chi connectivity index (χ0v) is 25.7. The molecule has 0 aliphatic rings. The first-order valence-electron chi connectivity index (χ1n) is 14.2. The summed E-state index contributed by atoms with van der Waals surface area (Å²) in [6.45, 7) is 8.32. The highest BCUT2D eigenvalue weighted by Crippen LogP contribution is 2.23. The molecule has 0 bridgehead atoms. The maximum atomic E-state index is 4.28. The van der Waals surface area contributed by atoms with E-state index in [1.165, 1.54) is 37.5 Å². The molecule has 0 N–H and O–H groups in total. The molecule has 0 fully saturated rings. The second-order valence-electron chi connectivity index (χ2n) is 10.2. The van der Waals surface area contributed by atoms with Crippen molar-refractivity contribution >= 4 is 54.1 Å². The van der Waals surface area contributed by atoms with Crippen LogP contribution in [0.2, 0.25) is 0 Å². The molecule has 212 valence electrons. The highest BCUT2D eigenvalue weighted by Gasteiger charge is 1.97. The van der Waals surface area contributed by atoms with Gasteiger partial charge < -0.3 is 0 Å². The molecular weight excluding hydrogens is 545 g/mol. The number of nitrogens with zero attached hydrogens (tertiary/aromatic N) is 4. The standard InChI is InChI=1S/2C10H9N.C9H8N2.C9H8S/c1-8-4-2-5-9-6-3-7-11-10(8)9;1-8-6-7-11-10-5-3-2-4-9(8)10;1-7-8-4-2-3-5-9(8)11-6-10-7;1-7-3-2-4-8-5-6-10-9(7)8/h2*2-7H,1H3;2-6H,1H3;2-6H,1H3. The lowest BCUT2D eigenvalue weighted by Gasteiger charge is -1.97. The fourth-order valence-electron chi connectivity index (χ4n) is 4.78. The lowest BCUT2D eigenvalue weighted by molar-refractivity contribution is 1.15. The molecule has 4 heterocycles. The van der Waals surface area contributed by atoms with Gasteiger partial charge in [0, 0.05) is 38.9 Å².